The molecule has 3 aromatic rings. The summed E-state index contributed by atoms with van der Waals surface area (Å²) in [6.45, 7) is 0. The van der Waals surface area contributed by atoms with Crippen molar-refractivity contribution in [1.29, 1.82) is 0 Å². The smallest absolute Gasteiger partial charge is 0.261 e. The van der Waals surface area contributed by atoms with E-state index in [4.69, 9.17) is 4.42 Å². The molecule has 25 heavy (non-hydrogen) atoms. The Morgan fingerprint density at radius 2 is 1.88 bits per heavy atom. The van der Waals surface area contributed by atoms with Crippen LogP contribution in [0.5, 0.6) is 0 Å². The number of halogens is 1. The van der Waals surface area contributed by atoms with E-state index in [0.29, 0.717) is 11.7 Å². The highest BCUT2D eigenvalue weighted by Gasteiger charge is 2.28. The van der Waals surface area contributed by atoms with E-state index >= 15 is 0 Å². The Kier molecular flexibility index (Phi) is 3.80. The van der Waals surface area contributed by atoms with Crippen LogP contribution in [0.4, 0.5) is 10.1 Å². The van der Waals surface area contributed by atoms with E-state index in [0.717, 1.165) is 30.4 Å². The standard InChI is InChI=1S/C18H15FN2O3S/c19-14-2-1-3-15(10-14)21-25(22,23)16-8-6-12(7-9-16)17-11-20-18(24-17)13-4-5-13/h1-3,6-11,13,21H,4-5H2. The highest BCUT2D eigenvalue weighted by atomic mass is 32.2. The Balaban J connectivity index is 1.55. The second kappa shape index (κ2) is 6.00. The fourth-order valence-electron chi connectivity index (χ4n) is 2.50. The summed E-state index contributed by atoms with van der Waals surface area (Å²) >= 11 is 0. The number of rotatable bonds is 5. The van der Waals surface area contributed by atoms with Crippen LogP contribution in [0.25, 0.3) is 11.3 Å². The largest absolute Gasteiger partial charge is 0.440 e. The monoisotopic (exact) mass is 358 g/mol. The van der Waals surface area contributed by atoms with Crippen LogP contribution in [0.15, 0.2) is 64.0 Å². The molecule has 1 N–H and O–H groups in total. The molecule has 0 unspecified atom stereocenters. The van der Waals surface area contributed by atoms with Crippen LogP contribution >= 0.6 is 0 Å². The molecule has 4 rings (SSSR count). The Bertz CT molecular complexity index is 1010. The lowest BCUT2D eigenvalue weighted by atomic mass is 10.2. The maximum atomic E-state index is 13.2. The van der Waals surface area contributed by atoms with Crippen molar-refractivity contribution in [2.45, 2.75) is 23.7 Å². The van der Waals surface area contributed by atoms with E-state index in [1.165, 1.54) is 30.3 Å². The Morgan fingerprint density at radius 1 is 1.12 bits per heavy atom. The number of hydrogen-bond donors (Lipinski definition) is 1. The first-order valence-electron chi connectivity index (χ1n) is 7.86. The molecule has 1 fully saturated rings. The van der Waals surface area contributed by atoms with E-state index in [9.17, 15) is 12.8 Å². The van der Waals surface area contributed by atoms with Gasteiger partial charge in [-0.3, -0.25) is 4.72 Å². The third-order valence-corrected chi connectivity index (χ3v) is 5.37. The van der Waals surface area contributed by atoms with Crippen LogP contribution in [0.1, 0.15) is 24.7 Å². The molecule has 1 aromatic heterocycles. The van der Waals surface area contributed by atoms with Crippen LogP contribution in [0.3, 0.4) is 0 Å². The van der Waals surface area contributed by atoms with Gasteiger partial charge in [0.1, 0.15) is 5.82 Å². The van der Waals surface area contributed by atoms with Crippen LogP contribution in [0, 0.1) is 5.82 Å². The molecule has 0 aliphatic heterocycles. The van der Waals surface area contributed by atoms with Crippen LogP contribution in [-0.2, 0) is 10.0 Å². The topological polar surface area (TPSA) is 72.2 Å². The van der Waals surface area contributed by atoms with Crippen molar-refractivity contribution in [3.8, 4) is 11.3 Å². The van der Waals surface area contributed by atoms with Crippen molar-refractivity contribution in [2.24, 2.45) is 0 Å². The molecule has 1 saturated carbocycles. The number of anilines is 1. The minimum Gasteiger partial charge on any atom is -0.440 e. The number of hydrogen-bond acceptors (Lipinski definition) is 4. The summed E-state index contributed by atoms with van der Waals surface area (Å²) in [5, 5.41) is 0. The second-order valence-corrected chi connectivity index (χ2v) is 7.66. The molecule has 7 heteroatoms. The lowest BCUT2D eigenvalue weighted by Crippen LogP contribution is -2.12. The van der Waals surface area contributed by atoms with Crippen LogP contribution < -0.4 is 4.72 Å². The number of aromatic nitrogens is 1. The van der Waals surface area contributed by atoms with Gasteiger partial charge in [-0.2, -0.15) is 0 Å². The lowest BCUT2D eigenvalue weighted by molar-refractivity contribution is 0.509. The fourth-order valence-corrected chi connectivity index (χ4v) is 3.55. The van der Waals surface area contributed by atoms with Gasteiger partial charge in [0, 0.05) is 11.5 Å². The van der Waals surface area contributed by atoms with Crippen molar-refractivity contribution in [2.75, 3.05) is 4.72 Å². The Morgan fingerprint density at radius 3 is 2.56 bits per heavy atom. The average molecular weight is 358 g/mol. The predicted octanol–water partition coefficient (Wildman–Crippen LogP) is 4.16. The van der Waals surface area contributed by atoms with Gasteiger partial charge in [-0.25, -0.2) is 17.8 Å². The number of oxazole rings is 1. The van der Waals surface area contributed by atoms with Gasteiger partial charge < -0.3 is 4.42 Å². The molecule has 2 aromatic carbocycles. The van der Waals surface area contributed by atoms with Crippen molar-refractivity contribution in [1.82, 2.24) is 4.98 Å². The molecule has 0 saturated heterocycles. The molecule has 0 atom stereocenters. The first-order chi connectivity index (χ1) is 12.0. The summed E-state index contributed by atoms with van der Waals surface area (Å²) in [6, 6.07) is 11.6. The van der Waals surface area contributed by atoms with E-state index < -0.39 is 15.8 Å². The summed E-state index contributed by atoms with van der Waals surface area (Å²) < 4.78 is 46.1. The van der Waals surface area contributed by atoms with Gasteiger partial charge >= 0.3 is 0 Å². The molecule has 1 heterocycles. The maximum Gasteiger partial charge on any atom is 0.261 e. The summed E-state index contributed by atoms with van der Waals surface area (Å²) in [5.74, 6) is 1.26. The van der Waals surface area contributed by atoms with Crippen molar-refractivity contribution >= 4 is 15.7 Å². The molecule has 1 aliphatic rings. The molecule has 0 bridgehead atoms. The fraction of sp³-hybridized carbons (Fsp3) is 0.167. The van der Waals surface area contributed by atoms with Gasteiger partial charge in [-0.05, 0) is 55.3 Å². The molecule has 5 nitrogen and oxygen atoms in total. The van der Waals surface area contributed by atoms with Gasteiger partial charge in [0.2, 0.25) is 0 Å². The SMILES string of the molecule is O=S(=O)(Nc1cccc(F)c1)c1ccc(-c2cnc(C3CC3)o2)cc1. The predicted molar refractivity (Wildman–Crippen MR) is 91.1 cm³/mol. The highest BCUT2D eigenvalue weighted by molar-refractivity contribution is 7.92. The number of nitrogens with one attached hydrogen (secondary N) is 1. The zero-order valence-electron chi connectivity index (χ0n) is 13.1. The zero-order valence-corrected chi connectivity index (χ0v) is 14.0. The minimum absolute atomic E-state index is 0.0856. The Labute approximate surface area is 144 Å². The molecule has 0 radical (unpaired) electrons. The highest BCUT2D eigenvalue weighted by Crippen LogP contribution is 2.40. The van der Waals surface area contributed by atoms with Gasteiger partial charge in [0.25, 0.3) is 10.0 Å². The van der Waals surface area contributed by atoms with Gasteiger partial charge in [0.05, 0.1) is 16.8 Å². The minimum atomic E-state index is -3.79. The third kappa shape index (κ3) is 3.41. The first kappa shape index (κ1) is 15.8. The van der Waals surface area contributed by atoms with Gasteiger partial charge in [-0.1, -0.05) is 6.07 Å². The molecular weight excluding hydrogens is 343 g/mol. The normalized spacial score (nSPS) is 14.4. The summed E-state index contributed by atoms with van der Waals surface area (Å²) in [4.78, 5) is 4.34. The van der Waals surface area contributed by atoms with Gasteiger partial charge in [-0.15, -0.1) is 0 Å². The maximum absolute atomic E-state index is 13.2. The van der Waals surface area contributed by atoms with Crippen molar-refractivity contribution in [3.63, 3.8) is 0 Å². The third-order valence-electron chi connectivity index (χ3n) is 3.98. The zero-order chi connectivity index (χ0) is 17.4. The van der Waals surface area contributed by atoms with Crippen molar-refractivity contribution < 1.29 is 17.2 Å². The first-order valence-corrected chi connectivity index (χ1v) is 9.34. The number of benzene rings is 2. The van der Waals surface area contributed by atoms with E-state index in [2.05, 4.69) is 9.71 Å². The average Bonchev–Trinajstić information content (AvgIpc) is 3.32. The Hall–Kier alpha value is -2.67. The van der Waals surface area contributed by atoms with Crippen LogP contribution in [-0.4, -0.2) is 13.4 Å². The van der Waals surface area contributed by atoms with E-state index in [1.54, 1.807) is 18.3 Å². The summed E-state index contributed by atoms with van der Waals surface area (Å²) in [6.07, 6.45) is 3.86. The summed E-state index contributed by atoms with van der Waals surface area (Å²) in [7, 11) is -3.79. The quantitative estimate of drug-likeness (QED) is 0.743. The molecule has 128 valence electrons. The van der Waals surface area contributed by atoms with Crippen LogP contribution in [0.2, 0.25) is 0 Å². The van der Waals surface area contributed by atoms with E-state index in [1.807, 2.05) is 0 Å². The molecule has 0 spiro atoms. The van der Waals surface area contributed by atoms with Crippen molar-refractivity contribution in [3.05, 3.63) is 66.4 Å². The molecule has 0 amide bonds. The number of sulfonamides is 1. The summed E-state index contributed by atoms with van der Waals surface area (Å²) in [5.41, 5.74) is 0.928. The molecule has 1 aliphatic carbocycles. The lowest BCUT2D eigenvalue weighted by Gasteiger charge is -2.08. The van der Waals surface area contributed by atoms with E-state index in [-0.39, 0.29) is 10.6 Å². The molecular formula is C18H15FN2O3S. The number of nitrogens with zero attached hydrogens (tertiary/aromatic N) is 1. The van der Waals surface area contributed by atoms with Gasteiger partial charge in [0.15, 0.2) is 11.7 Å². The second-order valence-electron chi connectivity index (χ2n) is 5.98.